The molecule has 0 aliphatic heterocycles. The molecule has 0 heterocycles. The summed E-state index contributed by atoms with van der Waals surface area (Å²) in [5, 5.41) is 0. The highest BCUT2D eigenvalue weighted by Gasteiger charge is 2.23. The highest BCUT2D eigenvalue weighted by atomic mass is 16.5. The predicted octanol–water partition coefficient (Wildman–Crippen LogP) is 2.85. The van der Waals surface area contributed by atoms with Crippen molar-refractivity contribution in [3.8, 4) is 0 Å². The monoisotopic (exact) mass is 156 g/mol. The zero-order valence-electron chi connectivity index (χ0n) is 7.97. The molecule has 0 spiro atoms. The van der Waals surface area contributed by atoms with Crippen LogP contribution >= 0.6 is 0 Å². The molecule has 1 aliphatic carbocycles. The van der Waals surface area contributed by atoms with Crippen LogP contribution < -0.4 is 0 Å². The zero-order chi connectivity index (χ0) is 8.27. The summed E-state index contributed by atoms with van der Waals surface area (Å²) in [7, 11) is 1.84. The summed E-state index contributed by atoms with van der Waals surface area (Å²) in [4.78, 5) is 0. The van der Waals surface area contributed by atoms with Crippen molar-refractivity contribution in [3.05, 3.63) is 0 Å². The van der Waals surface area contributed by atoms with Crippen molar-refractivity contribution in [1.29, 1.82) is 0 Å². The first kappa shape index (κ1) is 9.05. The molecule has 0 N–H and O–H groups in total. The van der Waals surface area contributed by atoms with Crippen LogP contribution in [0.15, 0.2) is 0 Å². The molecule has 0 aromatic carbocycles. The van der Waals surface area contributed by atoms with Gasteiger partial charge >= 0.3 is 0 Å². The van der Waals surface area contributed by atoms with Crippen molar-refractivity contribution >= 4 is 0 Å². The lowest BCUT2D eigenvalue weighted by Gasteiger charge is -2.30. The number of ether oxygens (including phenoxy) is 1. The Kier molecular flexibility index (Phi) is 3.38. The van der Waals surface area contributed by atoms with Crippen LogP contribution in [0.3, 0.4) is 0 Å². The van der Waals surface area contributed by atoms with Gasteiger partial charge in [0, 0.05) is 7.11 Å². The Hall–Kier alpha value is -0.0400. The van der Waals surface area contributed by atoms with E-state index in [2.05, 4.69) is 13.8 Å². The van der Waals surface area contributed by atoms with E-state index < -0.39 is 0 Å². The van der Waals surface area contributed by atoms with Gasteiger partial charge in [0.05, 0.1) is 6.10 Å². The summed E-state index contributed by atoms with van der Waals surface area (Å²) < 4.78 is 5.37. The summed E-state index contributed by atoms with van der Waals surface area (Å²) >= 11 is 0. The highest BCUT2D eigenvalue weighted by molar-refractivity contribution is 4.74. The van der Waals surface area contributed by atoms with Gasteiger partial charge < -0.3 is 4.74 Å². The molecule has 1 saturated carbocycles. The lowest BCUT2D eigenvalue weighted by atomic mass is 9.80. The van der Waals surface area contributed by atoms with Gasteiger partial charge in [-0.05, 0) is 24.7 Å². The van der Waals surface area contributed by atoms with Crippen molar-refractivity contribution in [2.24, 2.45) is 11.8 Å². The fraction of sp³-hybridized carbons (Fsp3) is 1.00. The Balaban J connectivity index is 2.33. The van der Waals surface area contributed by atoms with E-state index in [0.717, 1.165) is 11.8 Å². The Morgan fingerprint density at radius 3 is 2.55 bits per heavy atom. The van der Waals surface area contributed by atoms with Gasteiger partial charge in [-0.1, -0.05) is 26.7 Å². The van der Waals surface area contributed by atoms with Crippen LogP contribution in [-0.4, -0.2) is 13.2 Å². The van der Waals surface area contributed by atoms with Gasteiger partial charge in [-0.25, -0.2) is 0 Å². The molecule has 0 bridgehead atoms. The minimum atomic E-state index is 0.552. The molecule has 66 valence electrons. The molecular formula is C10H20O. The summed E-state index contributed by atoms with van der Waals surface area (Å²) in [5.41, 5.74) is 0. The third-order valence-corrected chi connectivity index (χ3v) is 2.94. The molecular weight excluding hydrogens is 136 g/mol. The average molecular weight is 156 g/mol. The lowest BCUT2D eigenvalue weighted by Crippen LogP contribution is -2.24. The number of hydrogen-bond donors (Lipinski definition) is 0. The first-order valence-electron chi connectivity index (χ1n) is 4.76. The third kappa shape index (κ3) is 2.48. The minimum Gasteiger partial charge on any atom is -0.381 e. The van der Waals surface area contributed by atoms with E-state index in [4.69, 9.17) is 4.74 Å². The molecule has 0 saturated heterocycles. The minimum absolute atomic E-state index is 0.552. The predicted molar refractivity (Wildman–Crippen MR) is 47.6 cm³/mol. The van der Waals surface area contributed by atoms with Crippen molar-refractivity contribution in [1.82, 2.24) is 0 Å². The van der Waals surface area contributed by atoms with Crippen LogP contribution in [0, 0.1) is 11.8 Å². The standard InChI is InChI=1S/C10H20O/c1-8(2)9-5-4-6-10(7-9)11-3/h8-10H,4-7H2,1-3H3. The quantitative estimate of drug-likeness (QED) is 0.597. The summed E-state index contributed by atoms with van der Waals surface area (Å²) in [5.74, 6) is 1.75. The van der Waals surface area contributed by atoms with E-state index >= 15 is 0 Å². The maximum absolute atomic E-state index is 5.37. The molecule has 1 fully saturated rings. The number of methoxy groups -OCH3 is 1. The number of rotatable bonds is 2. The molecule has 0 amide bonds. The van der Waals surface area contributed by atoms with Crippen LogP contribution in [-0.2, 0) is 4.74 Å². The average Bonchev–Trinajstić information content (AvgIpc) is 2.05. The third-order valence-electron chi connectivity index (χ3n) is 2.94. The van der Waals surface area contributed by atoms with E-state index in [9.17, 15) is 0 Å². The van der Waals surface area contributed by atoms with Crippen molar-refractivity contribution in [3.63, 3.8) is 0 Å². The summed E-state index contributed by atoms with van der Waals surface area (Å²) in [6.45, 7) is 4.64. The molecule has 2 atom stereocenters. The Bertz CT molecular complexity index is 109. The van der Waals surface area contributed by atoms with Crippen molar-refractivity contribution in [2.75, 3.05) is 7.11 Å². The maximum Gasteiger partial charge on any atom is 0.0574 e. The molecule has 1 aliphatic rings. The molecule has 1 heteroatoms. The van der Waals surface area contributed by atoms with Gasteiger partial charge in [-0.15, -0.1) is 0 Å². The Morgan fingerprint density at radius 2 is 2.00 bits per heavy atom. The van der Waals surface area contributed by atoms with E-state index in [-0.39, 0.29) is 0 Å². The van der Waals surface area contributed by atoms with E-state index in [1.807, 2.05) is 7.11 Å². The fourth-order valence-corrected chi connectivity index (χ4v) is 2.00. The van der Waals surface area contributed by atoms with Gasteiger partial charge in [0.2, 0.25) is 0 Å². The van der Waals surface area contributed by atoms with Crippen LogP contribution in [0.5, 0.6) is 0 Å². The van der Waals surface area contributed by atoms with Crippen LogP contribution in [0.25, 0.3) is 0 Å². The molecule has 0 aromatic heterocycles. The first-order valence-corrected chi connectivity index (χ1v) is 4.76. The largest absolute Gasteiger partial charge is 0.381 e. The van der Waals surface area contributed by atoms with Crippen molar-refractivity contribution < 1.29 is 4.74 Å². The highest BCUT2D eigenvalue weighted by Crippen LogP contribution is 2.30. The van der Waals surface area contributed by atoms with Gasteiger partial charge in [-0.3, -0.25) is 0 Å². The smallest absolute Gasteiger partial charge is 0.0574 e. The summed E-state index contributed by atoms with van der Waals surface area (Å²) in [6.07, 6.45) is 5.89. The normalized spacial score (nSPS) is 32.7. The Morgan fingerprint density at radius 1 is 1.27 bits per heavy atom. The SMILES string of the molecule is COC1CCCC(C(C)C)C1. The van der Waals surface area contributed by atoms with Gasteiger partial charge in [-0.2, -0.15) is 0 Å². The Labute approximate surface area is 70.1 Å². The van der Waals surface area contributed by atoms with Gasteiger partial charge in [0.1, 0.15) is 0 Å². The van der Waals surface area contributed by atoms with Gasteiger partial charge in [0.15, 0.2) is 0 Å². The molecule has 1 nitrogen and oxygen atoms in total. The molecule has 0 aromatic rings. The molecule has 2 unspecified atom stereocenters. The maximum atomic E-state index is 5.37. The van der Waals surface area contributed by atoms with Crippen LogP contribution in [0.4, 0.5) is 0 Å². The van der Waals surface area contributed by atoms with E-state index in [1.54, 1.807) is 0 Å². The second-order valence-electron chi connectivity index (χ2n) is 4.03. The molecule has 0 radical (unpaired) electrons. The van der Waals surface area contributed by atoms with Crippen LogP contribution in [0.1, 0.15) is 39.5 Å². The fourth-order valence-electron chi connectivity index (χ4n) is 2.00. The molecule has 11 heavy (non-hydrogen) atoms. The second kappa shape index (κ2) is 4.10. The second-order valence-corrected chi connectivity index (χ2v) is 4.03. The van der Waals surface area contributed by atoms with E-state index in [1.165, 1.54) is 25.7 Å². The molecule has 1 rings (SSSR count). The lowest BCUT2D eigenvalue weighted by molar-refractivity contribution is 0.0408. The van der Waals surface area contributed by atoms with Crippen LogP contribution in [0.2, 0.25) is 0 Å². The topological polar surface area (TPSA) is 9.23 Å². The van der Waals surface area contributed by atoms with E-state index in [0.29, 0.717) is 6.10 Å². The van der Waals surface area contributed by atoms with Gasteiger partial charge in [0.25, 0.3) is 0 Å². The van der Waals surface area contributed by atoms with Crippen molar-refractivity contribution in [2.45, 2.75) is 45.6 Å². The summed E-state index contributed by atoms with van der Waals surface area (Å²) in [6, 6.07) is 0. The zero-order valence-corrected chi connectivity index (χ0v) is 7.97. The first-order chi connectivity index (χ1) is 5.24. The number of hydrogen-bond acceptors (Lipinski definition) is 1.